The number of carboxylic acid groups (broad SMARTS) is 1. The molecule has 226 valence electrons. The molecule has 5 nitrogen and oxygen atoms in total. The summed E-state index contributed by atoms with van der Waals surface area (Å²) in [5.41, 5.74) is 6.07. The molecule has 1 unspecified atom stereocenters. The molecule has 0 aliphatic heterocycles. The number of amides is 1. The van der Waals surface area contributed by atoms with Gasteiger partial charge in [0.25, 0.3) is 5.91 Å². The van der Waals surface area contributed by atoms with Crippen molar-refractivity contribution >= 4 is 11.9 Å². The van der Waals surface area contributed by atoms with Crippen molar-refractivity contribution in [3.05, 3.63) is 95.1 Å². The monoisotopic (exact) mass is 570 g/mol. The van der Waals surface area contributed by atoms with Crippen molar-refractivity contribution in [1.82, 2.24) is 10.2 Å². The molecule has 1 aliphatic carbocycles. The summed E-state index contributed by atoms with van der Waals surface area (Å²) < 4.78 is 0. The standard InChI is InChI=1S/C35H44N2O3.C2H6/c1-5-13-32(34(39)40)36-33(38)30-19-18-28(22-31(30)29-17-10-9-14-26(29)4)24-37(25(2)3)35(20-11-12-21-35)23-27-15-7-6-8-16-27;1-2/h6-10,14-19,22,25,32H,5,11-13,20-21,23-24H2,1-4H3,(H,36,38)(H,39,40);1-2H3. The average molecular weight is 571 g/mol. The lowest BCUT2D eigenvalue weighted by molar-refractivity contribution is -0.139. The van der Waals surface area contributed by atoms with E-state index in [4.69, 9.17) is 0 Å². The minimum atomic E-state index is -1.00. The Balaban J connectivity index is 0.00000237. The Hall–Kier alpha value is -3.44. The summed E-state index contributed by atoms with van der Waals surface area (Å²) in [7, 11) is 0. The van der Waals surface area contributed by atoms with Crippen molar-refractivity contribution in [3.63, 3.8) is 0 Å². The molecule has 1 atom stereocenters. The normalized spacial score (nSPS) is 14.8. The summed E-state index contributed by atoms with van der Waals surface area (Å²) in [6.07, 6.45) is 6.95. The number of benzene rings is 3. The molecule has 0 saturated heterocycles. The van der Waals surface area contributed by atoms with E-state index in [2.05, 4.69) is 73.5 Å². The van der Waals surface area contributed by atoms with E-state index in [0.717, 1.165) is 35.2 Å². The molecular weight excluding hydrogens is 520 g/mol. The summed E-state index contributed by atoms with van der Waals surface area (Å²) >= 11 is 0. The molecule has 1 amide bonds. The first kappa shape index (κ1) is 33.1. The van der Waals surface area contributed by atoms with Crippen molar-refractivity contribution in [2.75, 3.05) is 0 Å². The first-order valence-corrected chi connectivity index (χ1v) is 15.8. The molecule has 0 aromatic heterocycles. The van der Waals surface area contributed by atoms with Crippen LogP contribution < -0.4 is 5.32 Å². The van der Waals surface area contributed by atoms with Crippen LogP contribution in [0.1, 0.15) is 100 Å². The quantitative estimate of drug-likeness (QED) is 0.229. The first-order valence-electron chi connectivity index (χ1n) is 15.8. The molecule has 3 aromatic carbocycles. The van der Waals surface area contributed by atoms with Gasteiger partial charge in [-0.2, -0.15) is 0 Å². The molecule has 5 heteroatoms. The van der Waals surface area contributed by atoms with E-state index in [1.54, 1.807) is 0 Å². The van der Waals surface area contributed by atoms with Gasteiger partial charge in [0.15, 0.2) is 0 Å². The van der Waals surface area contributed by atoms with Gasteiger partial charge in [-0.1, -0.05) is 101 Å². The Morgan fingerprint density at radius 2 is 1.55 bits per heavy atom. The van der Waals surface area contributed by atoms with Gasteiger partial charge in [-0.3, -0.25) is 9.69 Å². The second-order valence-electron chi connectivity index (χ2n) is 11.7. The van der Waals surface area contributed by atoms with Crippen molar-refractivity contribution in [1.29, 1.82) is 0 Å². The fourth-order valence-corrected chi connectivity index (χ4v) is 6.44. The van der Waals surface area contributed by atoms with E-state index < -0.39 is 12.0 Å². The van der Waals surface area contributed by atoms with Gasteiger partial charge in [0, 0.05) is 23.7 Å². The maximum Gasteiger partial charge on any atom is 0.326 e. The number of nitrogens with one attached hydrogen (secondary N) is 1. The minimum absolute atomic E-state index is 0.100. The van der Waals surface area contributed by atoms with Crippen LogP contribution in [0.25, 0.3) is 11.1 Å². The number of rotatable bonds is 12. The summed E-state index contributed by atoms with van der Waals surface area (Å²) in [4.78, 5) is 27.9. The molecule has 1 saturated carbocycles. The molecule has 42 heavy (non-hydrogen) atoms. The van der Waals surface area contributed by atoms with Crippen molar-refractivity contribution in [2.24, 2.45) is 0 Å². The van der Waals surface area contributed by atoms with E-state index >= 15 is 0 Å². The van der Waals surface area contributed by atoms with Crippen molar-refractivity contribution in [3.8, 4) is 11.1 Å². The zero-order chi connectivity index (χ0) is 30.7. The number of nitrogens with zero attached hydrogens (tertiary/aromatic N) is 1. The maximum absolute atomic E-state index is 13.5. The summed E-state index contributed by atoms with van der Waals surface area (Å²) in [5, 5.41) is 12.4. The molecular formula is C37H50N2O3. The van der Waals surface area contributed by atoms with Gasteiger partial charge in [0.1, 0.15) is 6.04 Å². The molecule has 0 bridgehead atoms. The fourth-order valence-electron chi connectivity index (χ4n) is 6.44. The van der Waals surface area contributed by atoms with Crippen molar-refractivity contribution in [2.45, 2.75) is 111 Å². The lowest BCUT2D eigenvalue weighted by Gasteiger charge is -2.45. The summed E-state index contributed by atoms with van der Waals surface area (Å²) in [6, 6.07) is 24.4. The highest BCUT2D eigenvalue weighted by Crippen LogP contribution is 2.41. The Morgan fingerprint density at radius 1 is 0.905 bits per heavy atom. The van der Waals surface area contributed by atoms with E-state index in [-0.39, 0.29) is 11.4 Å². The van der Waals surface area contributed by atoms with Gasteiger partial charge in [-0.25, -0.2) is 4.79 Å². The van der Waals surface area contributed by atoms with Gasteiger partial charge < -0.3 is 10.4 Å². The number of carboxylic acids is 1. The van der Waals surface area contributed by atoms with Crippen LogP contribution in [-0.2, 0) is 17.8 Å². The van der Waals surface area contributed by atoms with Gasteiger partial charge in [-0.15, -0.1) is 0 Å². The zero-order valence-electron chi connectivity index (χ0n) is 26.5. The number of aryl methyl sites for hydroxylation is 1. The van der Waals surface area contributed by atoms with Crippen LogP contribution >= 0.6 is 0 Å². The van der Waals surface area contributed by atoms with Crippen LogP contribution in [-0.4, -0.2) is 39.5 Å². The molecule has 0 radical (unpaired) electrons. The van der Waals surface area contributed by atoms with E-state index in [9.17, 15) is 14.7 Å². The number of hydrogen-bond acceptors (Lipinski definition) is 3. The smallest absolute Gasteiger partial charge is 0.326 e. The van der Waals surface area contributed by atoms with E-state index in [1.807, 2.05) is 51.1 Å². The van der Waals surface area contributed by atoms with Gasteiger partial charge >= 0.3 is 5.97 Å². The highest BCUT2D eigenvalue weighted by molar-refractivity contribution is 6.02. The molecule has 0 heterocycles. The predicted molar refractivity (Wildman–Crippen MR) is 174 cm³/mol. The second-order valence-corrected chi connectivity index (χ2v) is 11.7. The number of hydrogen-bond donors (Lipinski definition) is 2. The zero-order valence-corrected chi connectivity index (χ0v) is 26.5. The lowest BCUT2D eigenvalue weighted by atomic mass is 9.85. The average Bonchev–Trinajstić information content (AvgIpc) is 3.46. The third-order valence-electron chi connectivity index (χ3n) is 8.44. The Morgan fingerprint density at radius 3 is 2.14 bits per heavy atom. The van der Waals surface area contributed by atoms with Crippen LogP contribution in [0.5, 0.6) is 0 Å². The third kappa shape index (κ3) is 8.10. The Bertz CT molecular complexity index is 1300. The Kier molecular flexibility index (Phi) is 12.4. The molecule has 0 spiro atoms. The molecule has 3 aromatic rings. The van der Waals surface area contributed by atoms with Crippen LogP contribution in [0.4, 0.5) is 0 Å². The molecule has 1 fully saturated rings. The number of carbonyl (C=O) groups is 2. The molecule has 1 aliphatic rings. The lowest BCUT2D eigenvalue weighted by Crippen LogP contribution is -2.51. The highest BCUT2D eigenvalue weighted by Gasteiger charge is 2.40. The minimum Gasteiger partial charge on any atom is -0.480 e. The first-order chi connectivity index (χ1) is 20.2. The van der Waals surface area contributed by atoms with E-state index in [1.165, 1.54) is 31.2 Å². The number of carbonyl (C=O) groups excluding carboxylic acids is 1. The summed E-state index contributed by atoms with van der Waals surface area (Å²) in [6.45, 7) is 13.3. The Labute approximate surface area is 253 Å². The van der Waals surface area contributed by atoms with Gasteiger partial charge in [0.05, 0.1) is 0 Å². The number of aliphatic carboxylic acids is 1. The van der Waals surface area contributed by atoms with Gasteiger partial charge in [0.2, 0.25) is 0 Å². The topological polar surface area (TPSA) is 69.6 Å². The fraction of sp³-hybridized carbons (Fsp3) is 0.459. The van der Waals surface area contributed by atoms with E-state index in [0.29, 0.717) is 24.4 Å². The van der Waals surface area contributed by atoms with Crippen LogP contribution in [0.3, 0.4) is 0 Å². The highest BCUT2D eigenvalue weighted by atomic mass is 16.4. The third-order valence-corrected chi connectivity index (χ3v) is 8.44. The molecule has 2 N–H and O–H groups in total. The predicted octanol–water partition coefficient (Wildman–Crippen LogP) is 8.44. The summed E-state index contributed by atoms with van der Waals surface area (Å²) in [5.74, 6) is -1.35. The van der Waals surface area contributed by atoms with Crippen LogP contribution in [0, 0.1) is 6.92 Å². The van der Waals surface area contributed by atoms with Crippen molar-refractivity contribution < 1.29 is 14.7 Å². The van der Waals surface area contributed by atoms with Gasteiger partial charge in [-0.05, 0) is 86.4 Å². The molecule has 4 rings (SSSR count). The second kappa shape index (κ2) is 15.7. The van der Waals surface area contributed by atoms with Crippen LogP contribution in [0.15, 0.2) is 72.8 Å². The SMILES string of the molecule is CC.CCCC(NC(=O)c1ccc(CN(C(C)C)C2(Cc3ccccc3)CCCC2)cc1-c1ccccc1C)C(=O)O. The maximum atomic E-state index is 13.5. The largest absolute Gasteiger partial charge is 0.480 e. The van der Waals surface area contributed by atoms with Crippen LogP contribution in [0.2, 0.25) is 0 Å².